The van der Waals surface area contributed by atoms with Crippen molar-refractivity contribution in [1.82, 2.24) is 0 Å². The lowest BCUT2D eigenvalue weighted by atomic mass is 9.77. The van der Waals surface area contributed by atoms with Crippen LogP contribution in [0.3, 0.4) is 0 Å². The molecule has 1 aliphatic heterocycles. The number of halogens is 3. The fourth-order valence-electron chi connectivity index (χ4n) is 3.98. The number of hydrogen-bond donors (Lipinski definition) is 1. The lowest BCUT2D eigenvalue weighted by Gasteiger charge is -2.38. The summed E-state index contributed by atoms with van der Waals surface area (Å²) in [6.45, 7) is 2.16. The van der Waals surface area contributed by atoms with Crippen LogP contribution in [0.25, 0.3) is 0 Å². The van der Waals surface area contributed by atoms with Gasteiger partial charge in [-0.15, -0.1) is 13.2 Å². The second kappa shape index (κ2) is 7.96. The molecule has 1 aromatic rings. The Bertz CT molecular complexity index is 671. The van der Waals surface area contributed by atoms with Crippen LogP contribution in [0.15, 0.2) is 18.2 Å². The van der Waals surface area contributed by atoms with Crippen LogP contribution in [0, 0.1) is 11.8 Å². The van der Waals surface area contributed by atoms with E-state index in [-0.39, 0.29) is 35.7 Å². The lowest BCUT2D eigenvalue weighted by Crippen LogP contribution is -2.38. The highest BCUT2D eigenvalue weighted by Gasteiger charge is 2.37. The predicted octanol–water partition coefficient (Wildman–Crippen LogP) is 4.11. The van der Waals surface area contributed by atoms with E-state index in [1.165, 1.54) is 18.2 Å². The molecule has 2 N–H and O–H groups in total. The van der Waals surface area contributed by atoms with E-state index < -0.39 is 6.36 Å². The SMILES string of the molecule is CCOC(=O)[C@H]1CC[C@@H]([C@@H]2C[C@H](N)c3ccc(OC(F)(F)F)cc3O2)CC1. The maximum Gasteiger partial charge on any atom is 0.573 e. The smallest absolute Gasteiger partial charge is 0.490 e. The number of alkyl halides is 3. The number of carbonyl (C=O) groups is 1. The molecule has 150 valence electrons. The zero-order valence-corrected chi connectivity index (χ0v) is 15.1. The first-order valence-electron chi connectivity index (χ1n) is 9.25. The van der Waals surface area contributed by atoms with E-state index in [2.05, 4.69) is 4.74 Å². The van der Waals surface area contributed by atoms with Crippen molar-refractivity contribution in [1.29, 1.82) is 0 Å². The van der Waals surface area contributed by atoms with Gasteiger partial charge in [0.2, 0.25) is 0 Å². The van der Waals surface area contributed by atoms with Gasteiger partial charge in [0.1, 0.15) is 17.6 Å². The van der Waals surface area contributed by atoms with Gasteiger partial charge in [0.15, 0.2) is 0 Å². The van der Waals surface area contributed by atoms with Crippen molar-refractivity contribution in [2.45, 2.75) is 57.5 Å². The van der Waals surface area contributed by atoms with E-state index in [1.807, 2.05) is 0 Å². The topological polar surface area (TPSA) is 70.8 Å². The Morgan fingerprint density at radius 1 is 1.26 bits per heavy atom. The van der Waals surface area contributed by atoms with Crippen molar-refractivity contribution in [3.8, 4) is 11.5 Å². The van der Waals surface area contributed by atoms with E-state index in [0.29, 0.717) is 24.3 Å². The molecule has 0 saturated heterocycles. The van der Waals surface area contributed by atoms with Crippen LogP contribution >= 0.6 is 0 Å². The summed E-state index contributed by atoms with van der Waals surface area (Å²) < 4.78 is 52.4. The second-order valence-electron chi connectivity index (χ2n) is 7.11. The molecule has 1 heterocycles. The van der Waals surface area contributed by atoms with Gasteiger partial charge in [0, 0.05) is 24.1 Å². The van der Waals surface area contributed by atoms with Crippen molar-refractivity contribution in [3.63, 3.8) is 0 Å². The Labute approximate surface area is 156 Å². The predicted molar refractivity (Wildman–Crippen MR) is 91.2 cm³/mol. The third kappa shape index (κ3) is 4.86. The summed E-state index contributed by atoms with van der Waals surface area (Å²) in [6, 6.07) is 3.72. The van der Waals surface area contributed by atoms with Crippen molar-refractivity contribution in [2.75, 3.05) is 6.61 Å². The monoisotopic (exact) mass is 387 g/mol. The molecule has 0 aromatic heterocycles. The number of esters is 1. The number of nitrogens with two attached hydrogens (primary N) is 1. The first-order chi connectivity index (χ1) is 12.8. The highest BCUT2D eigenvalue weighted by atomic mass is 19.4. The molecule has 0 bridgehead atoms. The highest BCUT2D eigenvalue weighted by Crippen LogP contribution is 2.42. The maximum absolute atomic E-state index is 12.4. The van der Waals surface area contributed by atoms with Gasteiger partial charge in [-0.2, -0.15) is 0 Å². The zero-order valence-electron chi connectivity index (χ0n) is 15.1. The van der Waals surface area contributed by atoms with Crippen molar-refractivity contribution < 1.29 is 32.2 Å². The van der Waals surface area contributed by atoms with E-state index >= 15 is 0 Å². The molecule has 1 aromatic carbocycles. The molecule has 3 rings (SSSR count). The minimum Gasteiger partial charge on any atom is -0.490 e. The third-order valence-corrected chi connectivity index (χ3v) is 5.30. The van der Waals surface area contributed by atoms with E-state index in [9.17, 15) is 18.0 Å². The Morgan fingerprint density at radius 3 is 2.59 bits per heavy atom. The fourth-order valence-corrected chi connectivity index (χ4v) is 3.98. The first-order valence-corrected chi connectivity index (χ1v) is 9.25. The van der Waals surface area contributed by atoms with E-state index in [4.69, 9.17) is 15.2 Å². The Kier molecular flexibility index (Phi) is 5.83. The standard InChI is InChI=1S/C19H24F3NO4/c1-2-25-18(24)12-5-3-11(4-6-12)16-10-15(23)14-8-7-13(9-17(14)26-16)27-19(20,21)22/h7-9,11-12,15-16H,2-6,10,23H2,1H3/t11-,12+,15-,16-/m0/s1. The summed E-state index contributed by atoms with van der Waals surface area (Å²) in [5, 5.41) is 0. The molecule has 0 radical (unpaired) electrons. The molecule has 1 saturated carbocycles. The zero-order chi connectivity index (χ0) is 19.6. The van der Waals surface area contributed by atoms with Crippen LogP contribution in [0.4, 0.5) is 13.2 Å². The van der Waals surface area contributed by atoms with E-state index in [0.717, 1.165) is 25.7 Å². The fraction of sp³-hybridized carbons (Fsp3) is 0.632. The first kappa shape index (κ1) is 19.8. The minimum absolute atomic E-state index is 0.0856. The highest BCUT2D eigenvalue weighted by molar-refractivity contribution is 5.72. The Balaban J connectivity index is 1.65. The summed E-state index contributed by atoms with van der Waals surface area (Å²) in [5.41, 5.74) is 6.90. The van der Waals surface area contributed by atoms with Crippen LogP contribution in [0.2, 0.25) is 0 Å². The number of carbonyl (C=O) groups excluding carboxylic acids is 1. The number of benzene rings is 1. The van der Waals surface area contributed by atoms with Crippen molar-refractivity contribution in [3.05, 3.63) is 23.8 Å². The largest absolute Gasteiger partial charge is 0.573 e. The average Bonchev–Trinajstić information content (AvgIpc) is 2.60. The summed E-state index contributed by atoms with van der Waals surface area (Å²) in [7, 11) is 0. The number of rotatable bonds is 4. The summed E-state index contributed by atoms with van der Waals surface area (Å²) >= 11 is 0. The molecule has 2 aliphatic rings. The van der Waals surface area contributed by atoms with Crippen LogP contribution in [0.5, 0.6) is 11.5 Å². The van der Waals surface area contributed by atoms with Gasteiger partial charge >= 0.3 is 12.3 Å². The molecular weight excluding hydrogens is 363 g/mol. The van der Waals surface area contributed by atoms with Crippen LogP contribution < -0.4 is 15.2 Å². The van der Waals surface area contributed by atoms with Crippen LogP contribution in [-0.2, 0) is 9.53 Å². The third-order valence-electron chi connectivity index (χ3n) is 5.30. The summed E-state index contributed by atoms with van der Waals surface area (Å²) in [4.78, 5) is 11.9. The van der Waals surface area contributed by atoms with Gasteiger partial charge < -0.3 is 19.9 Å². The summed E-state index contributed by atoms with van der Waals surface area (Å²) in [5.74, 6) is -0.00996. The molecule has 0 amide bonds. The van der Waals surface area contributed by atoms with Crippen molar-refractivity contribution in [2.24, 2.45) is 17.6 Å². The van der Waals surface area contributed by atoms with Gasteiger partial charge in [-0.3, -0.25) is 4.79 Å². The normalized spacial score (nSPS) is 28.0. The number of ether oxygens (including phenoxy) is 3. The van der Waals surface area contributed by atoms with Crippen LogP contribution in [0.1, 0.15) is 50.6 Å². The van der Waals surface area contributed by atoms with Gasteiger partial charge in [0.25, 0.3) is 0 Å². The molecule has 1 fully saturated rings. The molecule has 2 atom stereocenters. The Morgan fingerprint density at radius 2 is 1.96 bits per heavy atom. The van der Waals surface area contributed by atoms with Gasteiger partial charge in [0.05, 0.1) is 12.5 Å². The van der Waals surface area contributed by atoms with Gasteiger partial charge in [-0.25, -0.2) is 0 Å². The molecule has 0 unspecified atom stereocenters. The second-order valence-corrected chi connectivity index (χ2v) is 7.11. The quantitative estimate of drug-likeness (QED) is 0.788. The summed E-state index contributed by atoms with van der Waals surface area (Å²) in [6.07, 6.45) is -1.29. The molecule has 5 nitrogen and oxygen atoms in total. The molecule has 8 heteroatoms. The van der Waals surface area contributed by atoms with Gasteiger partial charge in [-0.05, 0) is 44.6 Å². The molecular formula is C19H24F3NO4. The van der Waals surface area contributed by atoms with Crippen LogP contribution in [-0.4, -0.2) is 25.0 Å². The number of hydrogen-bond acceptors (Lipinski definition) is 5. The van der Waals surface area contributed by atoms with Crippen molar-refractivity contribution >= 4 is 5.97 Å². The van der Waals surface area contributed by atoms with E-state index in [1.54, 1.807) is 6.92 Å². The lowest BCUT2D eigenvalue weighted by molar-refractivity contribution is -0.274. The maximum atomic E-state index is 12.4. The Hall–Kier alpha value is -1.96. The molecule has 27 heavy (non-hydrogen) atoms. The minimum atomic E-state index is -4.75. The van der Waals surface area contributed by atoms with Gasteiger partial charge in [-0.1, -0.05) is 6.07 Å². The average molecular weight is 387 g/mol. The molecule has 0 spiro atoms. The number of fused-ring (bicyclic) bond motifs is 1. The molecule has 1 aliphatic carbocycles.